The van der Waals surface area contributed by atoms with E-state index in [1.807, 2.05) is 0 Å². The first-order valence-electron chi connectivity index (χ1n) is 5.55. The fourth-order valence-corrected chi connectivity index (χ4v) is 2.19. The molecule has 0 aliphatic carbocycles. The van der Waals surface area contributed by atoms with Crippen molar-refractivity contribution in [2.45, 2.75) is 45.8 Å². The zero-order valence-electron chi connectivity index (χ0n) is 11.1. The van der Waals surface area contributed by atoms with Crippen LogP contribution in [0, 0.1) is 0 Å². The van der Waals surface area contributed by atoms with Gasteiger partial charge in [0.15, 0.2) is 9.84 Å². The molecule has 7 heteroatoms. The van der Waals surface area contributed by atoms with Crippen LogP contribution in [0.15, 0.2) is 10.4 Å². The summed E-state index contributed by atoms with van der Waals surface area (Å²) in [5.74, 6) is -0.605. The monoisotopic (exact) mass is 297 g/mol. The first-order valence-corrected chi connectivity index (χ1v) is 7.58. The number of halogens is 1. The van der Waals surface area contributed by atoms with E-state index in [9.17, 15) is 13.2 Å². The molecule has 0 aromatic rings. The van der Waals surface area contributed by atoms with Crippen molar-refractivity contribution in [1.82, 2.24) is 0 Å². The van der Waals surface area contributed by atoms with E-state index in [4.69, 9.17) is 22.1 Å². The Morgan fingerprint density at radius 3 is 2.33 bits per heavy atom. The van der Waals surface area contributed by atoms with Crippen molar-refractivity contribution in [3.05, 3.63) is 10.4 Å². The van der Waals surface area contributed by atoms with Gasteiger partial charge in [0.25, 0.3) is 0 Å². The SMILES string of the molecule is CCS(=O)(=O)/C(Cl)=C/[C@@H](N)CC(=O)OC(C)(C)C. The van der Waals surface area contributed by atoms with E-state index in [1.54, 1.807) is 20.8 Å². The lowest BCUT2D eigenvalue weighted by molar-refractivity contribution is -0.154. The molecular formula is C11H20ClNO4S. The second kappa shape index (κ2) is 6.54. The molecule has 0 saturated carbocycles. The smallest absolute Gasteiger partial charge is 0.308 e. The molecule has 0 radical (unpaired) electrons. The lowest BCUT2D eigenvalue weighted by atomic mass is 10.2. The quantitative estimate of drug-likeness (QED) is 0.778. The molecule has 0 spiro atoms. The topological polar surface area (TPSA) is 86.5 Å². The molecule has 0 fully saturated rings. The third-order valence-corrected chi connectivity index (χ3v) is 4.17. The molecule has 5 nitrogen and oxygen atoms in total. The van der Waals surface area contributed by atoms with Gasteiger partial charge in [0.1, 0.15) is 9.97 Å². The Hall–Kier alpha value is -0.590. The Balaban J connectivity index is 4.58. The van der Waals surface area contributed by atoms with Crippen molar-refractivity contribution in [3.63, 3.8) is 0 Å². The van der Waals surface area contributed by atoms with Crippen LogP contribution in [-0.4, -0.2) is 31.8 Å². The molecule has 0 heterocycles. The highest BCUT2D eigenvalue weighted by molar-refractivity contribution is 7.96. The zero-order valence-corrected chi connectivity index (χ0v) is 12.6. The van der Waals surface area contributed by atoms with E-state index >= 15 is 0 Å². The first-order chi connectivity index (χ1) is 7.98. The molecule has 0 aliphatic rings. The number of carbonyl (C=O) groups excluding carboxylic acids is 1. The van der Waals surface area contributed by atoms with Crippen LogP contribution >= 0.6 is 11.6 Å². The predicted octanol–water partition coefficient (Wildman–Crippen LogP) is 1.56. The third kappa shape index (κ3) is 6.98. The number of esters is 1. The maximum atomic E-state index is 11.4. The van der Waals surface area contributed by atoms with E-state index in [1.165, 1.54) is 6.92 Å². The number of sulfone groups is 1. The minimum atomic E-state index is -3.47. The molecular weight excluding hydrogens is 278 g/mol. The second-order valence-corrected chi connectivity index (χ2v) is 7.71. The molecule has 0 saturated heterocycles. The minimum Gasteiger partial charge on any atom is -0.460 e. The number of carbonyl (C=O) groups is 1. The highest BCUT2D eigenvalue weighted by Crippen LogP contribution is 2.15. The van der Waals surface area contributed by atoms with Gasteiger partial charge < -0.3 is 10.5 Å². The largest absolute Gasteiger partial charge is 0.460 e. The average molecular weight is 298 g/mol. The van der Waals surface area contributed by atoms with E-state index < -0.39 is 27.4 Å². The summed E-state index contributed by atoms with van der Waals surface area (Å²) >= 11 is 5.63. The normalized spacial score (nSPS) is 15.3. The van der Waals surface area contributed by atoms with Crippen LogP contribution in [0.4, 0.5) is 0 Å². The number of rotatable bonds is 5. The summed E-state index contributed by atoms with van der Waals surface area (Å²) in [7, 11) is -3.47. The molecule has 0 unspecified atom stereocenters. The van der Waals surface area contributed by atoms with Crippen LogP contribution < -0.4 is 5.73 Å². The molecule has 2 N–H and O–H groups in total. The van der Waals surface area contributed by atoms with Crippen LogP contribution in [-0.2, 0) is 19.4 Å². The van der Waals surface area contributed by atoms with Crippen LogP contribution in [0.3, 0.4) is 0 Å². The average Bonchev–Trinajstić information content (AvgIpc) is 2.13. The Labute approximate surface area is 113 Å². The zero-order chi connectivity index (χ0) is 14.6. The molecule has 0 aromatic heterocycles. The summed E-state index contributed by atoms with van der Waals surface area (Å²) in [5, 5.41) is 0. The van der Waals surface area contributed by atoms with Gasteiger partial charge in [-0.05, 0) is 26.8 Å². The van der Waals surface area contributed by atoms with Crippen LogP contribution in [0.2, 0.25) is 0 Å². The van der Waals surface area contributed by atoms with Crippen molar-refractivity contribution in [2.24, 2.45) is 5.73 Å². The van der Waals surface area contributed by atoms with Crippen LogP contribution in [0.5, 0.6) is 0 Å². The highest BCUT2D eigenvalue weighted by atomic mass is 35.5. The van der Waals surface area contributed by atoms with Gasteiger partial charge in [-0.1, -0.05) is 18.5 Å². The second-order valence-electron chi connectivity index (χ2n) is 4.83. The lowest BCUT2D eigenvalue weighted by Gasteiger charge is -2.20. The van der Waals surface area contributed by atoms with Crippen LogP contribution in [0.1, 0.15) is 34.1 Å². The van der Waals surface area contributed by atoms with E-state index in [-0.39, 0.29) is 16.5 Å². The molecule has 0 bridgehead atoms. The number of nitrogens with two attached hydrogens (primary N) is 1. The number of ether oxygens (including phenoxy) is 1. The van der Waals surface area contributed by atoms with Crippen molar-refractivity contribution in [2.75, 3.05) is 5.75 Å². The summed E-state index contributed by atoms with van der Waals surface area (Å²) in [5.41, 5.74) is 5.02. The molecule has 1 atom stereocenters. The van der Waals surface area contributed by atoms with Crippen molar-refractivity contribution in [1.29, 1.82) is 0 Å². The summed E-state index contributed by atoms with van der Waals surface area (Å²) < 4.78 is 27.5. The van der Waals surface area contributed by atoms with Crippen molar-refractivity contribution >= 4 is 27.4 Å². The lowest BCUT2D eigenvalue weighted by Crippen LogP contribution is -2.29. The van der Waals surface area contributed by atoms with E-state index in [0.29, 0.717) is 0 Å². The Bertz CT molecular complexity index is 423. The molecule has 0 aromatic carbocycles. The fraction of sp³-hybridized carbons (Fsp3) is 0.727. The van der Waals surface area contributed by atoms with Gasteiger partial charge in [-0.3, -0.25) is 4.79 Å². The van der Waals surface area contributed by atoms with Gasteiger partial charge in [-0.2, -0.15) is 0 Å². The van der Waals surface area contributed by atoms with Gasteiger partial charge in [0.2, 0.25) is 0 Å². The molecule has 0 amide bonds. The predicted molar refractivity (Wildman–Crippen MR) is 71.8 cm³/mol. The summed E-state index contributed by atoms with van der Waals surface area (Å²) in [6.45, 7) is 6.69. The van der Waals surface area contributed by atoms with Gasteiger partial charge >= 0.3 is 5.97 Å². The van der Waals surface area contributed by atoms with Gasteiger partial charge in [-0.25, -0.2) is 8.42 Å². The molecule has 106 valence electrons. The Kier molecular flexibility index (Phi) is 6.33. The van der Waals surface area contributed by atoms with Crippen LogP contribution in [0.25, 0.3) is 0 Å². The van der Waals surface area contributed by atoms with Gasteiger partial charge in [0, 0.05) is 6.04 Å². The summed E-state index contributed by atoms with van der Waals surface area (Å²) in [6, 6.07) is -0.784. The van der Waals surface area contributed by atoms with Gasteiger partial charge in [-0.15, -0.1) is 0 Å². The van der Waals surface area contributed by atoms with Crippen molar-refractivity contribution < 1.29 is 17.9 Å². The Morgan fingerprint density at radius 2 is 1.94 bits per heavy atom. The summed E-state index contributed by atoms with van der Waals surface area (Å²) in [4.78, 5) is 11.4. The highest BCUT2D eigenvalue weighted by Gasteiger charge is 2.19. The molecule has 18 heavy (non-hydrogen) atoms. The minimum absolute atomic E-state index is 0.110. The Morgan fingerprint density at radius 1 is 1.44 bits per heavy atom. The molecule has 0 rings (SSSR count). The van der Waals surface area contributed by atoms with E-state index in [2.05, 4.69) is 0 Å². The van der Waals surface area contributed by atoms with Gasteiger partial charge in [0.05, 0.1) is 12.2 Å². The third-order valence-electron chi connectivity index (χ3n) is 1.84. The first kappa shape index (κ1) is 17.4. The standard InChI is InChI=1S/C11H20ClNO4S/c1-5-18(15,16)9(12)6-8(13)7-10(14)17-11(2,3)4/h6,8H,5,7,13H2,1-4H3/b9-6+/t8-/m1/s1. The number of hydrogen-bond acceptors (Lipinski definition) is 5. The van der Waals surface area contributed by atoms with Crippen molar-refractivity contribution in [3.8, 4) is 0 Å². The van der Waals surface area contributed by atoms with E-state index in [0.717, 1.165) is 6.08 Å². The maximum absolute atomic E-state index is 11.4. The fourth-order valence-electron chi connectivity index (χ4n) is 1.04. The number of hydrogen-bond donors (Lipinski definition) is 1. The maximum Gasteiger partial charge on any atom is 0.308 e. The summed E-state index contributed by atoms with van der Waals surface area (Å²) in [6.07, 6.45) is 1.04. The molecule has 0 aliphatic heterocycles.